The van der Waals surface area contributed by atoms with Gasteiger partial charge in [0.05, 0.1) is 17.1 Å². The molecule has 4 rings (SSSR count). The average molecular weight is 371 g/mol. The van der Waals surface area contributed by atoms with Crippen LogP contribution in [0, 0.1) is 12.7 Å². The van der Waals surface area contributed by atoms with Gasteiger partial charge in [0.25, 0.3) is 0 Å². The van der Waals surface area contributed by atoms with E-state index in [1.807, 2.05) is 55.5 Å². The molecule has 28 heavy (non-hydrogen) atoms. The smallest absolute Gasteiger partial charge is 0.123 e. The molecule has 0 saturated carbocycles. The van der Waals surface area contributed by atoms with Crippen molar-refractivity contribution in [2.45, 2.75) is 26.7 Å². The highest BCUT2D eigenvalue weighted by molar-refractivity contribution is 5.80. The van der Waals surface area contributed by atoms with Gasteiger partial charge in [-0.25, -0.2) is 9.37 Å². The first-order valence-corrected chi connectivity index (χ1v) is 9.41. The molecule has 2 heterocycles. The van der Waals surface area contributed by atoms with Crippen LogP contribution in [0.25, 0.3) is 33.8 Å². The molecule has 0 fully saturated rings. The highest BCUT2D eigenvalue weighted by Crippen LogP contribution is 2.33. The van der Waals surface area contributed by atoms with Crippen LogP contribution in [-0.2, 0) is 0 Å². The minimum Gasteiger partial charge on any atom is -0.340 e. The molecule has 0 amide bonds. The van der Waals surface area contributed by atoms with Gasteiger partial charge in [0.1, 0.15) is 11.6 Å². The number of pyridine rings is 1. The number of aromatic amines is 1. The van der Waals surface area contributed by atoms with Gasteiger partial charge in [-0.1, -0.05) is 50.2 Å². The Labute approximate surface area is 164 Å². The number of rotatable bonds is 4. The molecule has 4 heteroatoms. The standard InChI is InChI=1S/C24H22FN3/c1-15(2)24-27-22(23(28-24)21-12-4-7-16(3)26-21)19-10-5-8-17(13-19)18-9-6-11-20(25)14-18/h4-15H,1-3H3,(H,27,28). The summed E-state index contributed by atoms with van der Waals surface area (Å²) in [5.74, 6) is 0.947. The Morgan fingerprint density at radius 2 is 1.50 bits per heavy atom. The van der Waals surface area contributed by atoms with Gasteiger partial charge >= 0.3 is 0 Å². The lowest BCUT2D eigenvalue weighted by Gasteiger charge is -2.07. The second-order valence-corrected chi connectivity index (χ2v) is 7.26. The molecular weight excluding hydrogens is 349 g/mol. The number of aromatic nitrogens is 3. The molecular formula is C24H22FN3. The van der Waals surface area contributed by atoms with E-state index < -0.39 is 0 Å². The van der Waals surface area contributed by atoms with E-state index in [0.717, 1.165) is 45.3 Å². The lowest BCUT2D eigenvalue weighted by atomic mass is 10.0. The van der Waals surface area contributed by atoms with Crippen LogP contribution >= 0.6 is 0 Å². The Morgan fingerprint density at radius 1 is 0.821 bits per heavy atom. The number of nitrogens with one attached hydrogen (secondary N) is 1. The fraction of sp³-hybridized carbons (Fsp3) is 0.167. The predicted molar refractivity (Wildman–Crippen MR) is 111 cm³/mol. The van der Waals surface area contributed by atoms with E-state index in [1.54, 1.807) is 12.1 Å². The molecule has 0 aliphatic carbocycles. The fourth-order valence-electron chi connectivity index (χ4n) is 3.26. The van der Waals surface area contributed by atoms with E-state index in [2.05, 4.69) is 23.8 Å². The quantitative estimate of drug-likeness (QED) is 0.452. The second-order valence-electron chi connectivity index (χ2n) is 7.26. The fourth-order valence-corrected chi connectivity index (χ4v) is 3.26. The van der Waals surface area contributed by atoms with Crippen LogP contribution in [0.5, 0.6) is 0 Å². The Balaban J connectivity index is 1.86. The van der Waals surface area contributed by atoms with Crippen molar-refractivity contribution in [1.82, 2.24) is 15.0 Å². The molecule has 0 atom stereocenters. The number of nitrogens with zero attached hydrogens (tertiary/aromatic N) is 2. The Bertz CT molecular complexity index is 1130. The lowest BCUT2D eigenvalue weighted by Crippen LogP contribution is -1.90. The van der Waals surface area contributed by atoms with Crippen molar-refractivity contribution in [3.63, 3.8) is 0 Å². The van der Waals surface area contributed by atoms with Gasteiger partial charge in [-0.3, -0.25) is 4.98 Å². The molecule has 1 N–H and O–H groups in total. The minimum atomic E-state index is -0.241. The summed E-state index contributed by atoms with van der Waals surface area (Å²) in [5.41, 5.74) is 6.36. The SMILES string of the molecule is Cc1cccc(-c2[nH]c(C(C)C)nc2-c2cccc(-c3cccc(F)c3)c2)n1. The van der Waals surface area contributed by atoms with Crippen molar-refractivity contribution < 1.29 is 4.39 Å². The first kappa shape index (κ1) is 18.1. The Hall–Kier alpha value is -3.27. The first-order valence-electron chi connectivity index (χ1n) is 9.41. The number of benzene rings is 2. The van der Waals surface area contributed by atoms with Crippen LogP contribution < -0.4 is 0 Å². The summed E-state index contributed by atoms with van der Waals surface area (Å²) in [5, 5.41) is 0. The molecule has 0 aliphatic heterocycles. The molecule has 140 valence electrons. The largest absolute Gasteiger partial charge is 0.340 e. The maximum Gasteiger partial charge on any atom is 0.123 e. The molecule has 0 spiro atoms. The zero-order valence-electron chi connectivity index (χ0n) is 16.2. The third-order valence-corrected chi connectivity index (χ3v) is 4.71. The number of halogens is 1. The molecule has 0 bridgehead atoms. The molecule has 3 nitrogen and oxygen atoms in total. The van der Waals surface area contributed by atoms with E-state index >= 15 is 0 Å². The highest BCUT2D eigenvalue weighted by Gasteiger charge is 2.17. The maximum atomic E-state index is 13.7. The van der Waals surface area contributed by atoms with E-state index in [-0.39, 0.29) is 11.7 Å². The van der Waals surface area contributed by atoms with Crippen molar-refractivity contribution in [3.05, 3.63) is 84.1 Å². The molecule has 2 aromatic heterocycles. The molecule has 0 saturated heterocycles. The van der Waals surface area contributed by atoms with Gasteiger partial charge in [0.15, 0.2) is 0 Å². The zero-order valence-corrected chi connectivity index (χ0v) is 16.2. The summed E-state index contributed by atoms with van der Waals surface area (Å²) in [6.07, 6.45) is 0. The third kappa shape index (κ3) is 3.58. The minimum absolute atomic E-state index is 0.241. The molecule has 0 aliphatic rings. The van der Waals surface area contributed by atoms with Crippen LogP contribution in [0.1, 0.15) is 31.3 Å². The van der Waals surface area contributed by atoms with E-state index in [9.17, 15) is 4.39 Å². The third-order valence-electron chi connectivity index (χ3n) is 4.71. The van der Waals surface area contributed by atoms with E-state index in [1.165, 1.54) is 6.07 Å². The number of H-pyrrole nitrogens is 1. The van der Waals surface area contributed by atoms with Crippen LogP contribution in [0.3, 0.4) is 0 Å². The zero-order chi connectivity index (χ0) is 19.7. The van der Waals surface area contributed by atoms with Gasteiger partial charge in [0, 0.05) is 17.2 Å². The van der Waals surface area contributed by atoms with Crippen molar-refractivity contribution in [1.29, 1.82) is 0 Å². The summed E-state index contributed by atoms with van der Waals surface area (Å²) < 4.78 is 13.7. The van der Waals surface area contributed by atoms with Crippen molar-refractivity contribution >= 4 is 0 Å². The molecule has 0 radical (unpaired) electrons. The van der Waals surface area contributed by atoms with Crippen LogP contribution in [-0.4, -0.2) is 15.0 Å². The summed E-state index contributed by atoms with van der Waals surface area (Å²) in [6.45, 7) is 6.20. The summed E-state index contributed by atoms with van der Waals surface area (Å²) in [4.78, 5) is 13.0. The van der Waals surface area contributed by atoms with Crippen molar-refractivity contribution in [3.8, 4) is 33.8 Å². The van der Waals surface area contributed by atoms with Gasteiger partial charge in [0.2, 0.25) is 0 Å². The topological polar surface area (TPSA) is 41.6 Å². The van der Waals surface area contributed by atoms with Crippen LogP contribution in [0.15, 0.2) is 66.7 Å². The number of hydrogen-bond donors (Lipinski definition) is 1. The normalized spacial score (nSPS) is 11.2. The summed E-state index contributed by atoms with van der Waals surface area (Å²) in [6, 6.07) is 20.7. The number of aryl methyl sites for hydroxylation is 1. The molecule has 0 unspecified atom stereocenters. The van der Waals surface area contributed by atoms with Crippen molar-refractivity contribution in [2.24, 2.45) is 0 Å². The van der Waals surface area contributed by atoms with Crippen LogP contribution in [0.4, 0.5) is 4.39 Å². The Morgan fingerprint density at radius 3 is 2.21 bits per heavy atom. The Kier molecular flexibility index (Phi) is 4.78. The number of hydrogen-bond acceptors (Lipinski definition) is 2. The summed E-state index contributed by atoms with van der Waals surface area (Å²) in [7, 11) is 0. The molecule has 2 aromatic carbocycles. The van der Waals surface area contributed by atoms with Crippen molar-refractivity contribution in [2.75, 3.05) is 0 Å². The first-order chi connectivity index (χ1) is 13.5. The average Bonchev–Trinajstić information content (AvgIpc) is 3.14. The molecule has 4 aromatic rings. The van der Waals surface area contributed by atoms with Gasteiger partial charge in [-0.2, -0.15) is 0 Å². The van der Waals surface area contributed by atoms with Gasteiger partial charge in [-0.15, -0.1) is 0 Å². The summed E-state index contributed by atoms with van der Waals surface area (Å²) >= 11 is 0. The monoisotopic (exact) mass is 371 g/mol. The van der Waals surface area contributed by atoms with Gasteiger partial charge < -0.3 is 4.98 Å². The number of imidazole rings is 1. The predicted octanol–water partition coefficient (Wildman–Crippen LogP) is 6.38. The second kappa shape index (κ2) is 7.39. The van der Waals surface area contributed by atoms with E-state index in [0.29, 0.717) is 0 Å². The van der Waals surface area contributed by atoms with Crippen LogP contribution in [0.2, 0.25) is 0 Å². The maximum absolute atomic E-state index is 13.7. The van der Waals surface area contributed by atoms with Gasteiger partial charge in [-0.05, 0) is 48.4 Å². The highest BCUT2D eigenvalue weighted by atomic mass is 19.1. The lowest BCUT2D eigenvalue weighted by molar-refractivity contribution is 0.628. The van der Waals surface area contributed by atoms with E-state index in [4.69, 9.17) is 4.98 Å².